The van der Waals surface area contributed by atoms with Crippen molar-refractivity contribution in [2.75, 3.05) is 24.6 Å². The van der Waals surface area contributed by atoms with Crippen molar-refractivity contribution in [2.24, 2.45) is 0 Å². The van der Waals surface area contributed by atoms with Crippen LogP contribution < -0.4 is 15.5 Å². The second kappa shape index (κ2) is 10.2. The molecule has 1 fully saturated rings. The normalized spacial score (nSPS) is 13.4. The number of nitro benzene ring substituents is 1. The van der Waals surface area contributed by atoms with Gasteiger partial charge in [-0.2, -0.15) is 0 Å². The Morgan fingerprint density at radius 3 is 2.61 bits per heavy atom. The number of carbonyl (C=O) groups is 3. The van der Waals surface area contributed by atoms with Crippen LogP contribution in [0.1, 0.15) is 35.4 Å². The highest BCUT2D eigenvalue weighted by molar-refractivity contribution is 5.99. The number of esters is 1. The molecule has 2 aromatic rings. The number of amides is 3. The van der Waals surface area contributed by atoms with E-state index in [1.807, 2.05) is 10.2 Å². The number of imide groups is 1. The molecular formula is C20H22N4O7. The van der Waals surface area contributed by atoms with Crippen LogP contribution in [0.5, 0.6) is 0 Å². The Kier molecular flexibility index (Phi) is 7.20. The maximum absolute atomic E-state index is 12.6. The Morgan fingerprint density at radius 1 is 1.16 bits per heavy atom. The number of nitrogens with zero attached hydrogens (tertiary/aromatic N) is 2. The standard InChI is InChI=1S/C20H22N4O7/c25-18(22-20(27)21-12-15-5-4-10-30-15)13-31-19(26)16-11-14(24(28)29)6-7-17(16)23-8-2-1-3-9-23/h4-7,10-11H,1-3,8-9,12-13H2,(H2,21,22,25,27). The van der Waals surface area contributed by atoms with Crippen molar-refractivity contribution in [1.29, 1.82) is 0 Å². The van der Waals surface area contributed by atoms with E-state index in [-0.39, 0.29) is 17.8 Å². The van der Waals surface area contributed by atoms with Gasteiger partial charge in [0.1, 0.15) is 5.76 Å². The molecule has 0 spiro atoms. The van der Waals surface area contributed by atoms with Gasteiger partial charge in [0.25, 0.3) is 11.6 Å². The number of benzene rings is 1. The smallest absolute Gasteiger partial charge is 0.341 e. The van der Waals surface area contributed by atoms with Gasteiger partial charge in [0.15, 0.2) is 6.61 Å². The molecule has 0 radical (unpaired) electrons. The molecule has 1 aromatic carbocycles. The lowest BCUT2D eigenvalue weighted by molar-refractivity contribution is -0.384. The molecule has 1 saturated heterocycles. The lowest BCUT2D eigenvalue weighted by atomic mass is 10.1. The fraction of sp³-hybridized carbons (Fsp3) is 0.350. The fourth-order valence-electron chi connectivity index (χ4n) is 3.21. The highest BCUT2D eigenvalue weighted by Crippen LogP contribution is 2.28. The molecule has 164 valence electrons. The van der Waals surface area contributed by atoms with Crippen molar-refractivity contribution in [1.82, 2.24) is 10.6 Å². The number of nitro groups is 1. The van der Waals surface area contributed by atoms with Crippen LogP contribution in [-0.2, 0) is 16.1 Å². The van der Waals surface area contributed by atoms with Crippen molar-refractivity contribution in [2.45, 2.75) is 25.8 Å². The molecule has 0 unspecified atom stereocenters. The number of ether oxygens (including phenoxy) is 1. The Labute approximate surface area is 177 Å². The largest absolute Gasteiger partial charge is 0.467 e. The number of hydrogen-bond acceptors (Lipinski definition) is 8. The van der Waals surface area contributed by atoms with Gasteiger partial charge >= 0.3 is 12.0 Å². The molecule has 1 aliphatic rings. The number of piperidine rings is 1. The maximum atomic E-state index is 12.6. The summed E-state index contributed by atoms with van der Waals surface area (Å²) in [6.07, 6.45) is 4.42. The number of hydrogen-bond donors (Lipinski definition) is 2. The van der Waals surface area contributed by atoms with Gasteiger partial charge in [-0.1, -0.05) is 0 Å². The number of carbonyl (C=O) groups excluding carboxylic acids is 3. The van der Waals surface area contributed by atoms with Crippen LogP contribution in [0.4, 0.5) is 16.2 Å². The lowest BCUT2D eigenvalue weighted by Gasteiger charge is -2.30. The first-order valence-corrected chi connectivity index (χ1v) is 9.74. The number of non-ortho nitro benzene ring substituents is 1. The van der Waals surface area contributed by atoms with Gasteiger partial charge in [-0.3, -0.25) is 20.2 Å². The van der Waals surface area contributed by atoms with E-state index in [1.54, 1.807) is 12.1 Å². The van der Waals surface area contributed by atoms with E-state index in [4.69, 9.17) is 9.15 Å². The summed E-state index contributed by atoms with van der Waals surface area (Å²) in [6, 6.07) is 6.52. The van der Waals surface area contributed by atoms with Crippen LogP contribution in [-0.4, -0.2) is 42.5 Å². The van der Waals surface area contributed by atoms with E-state index >= 15 is 0 Å². The first kappa shape index (κ1) is 21.8. The molecule has 31 heavy (non-hydrogen) atoms. The Hall–Kier alpha value is -3.89. The SMILES string of the molecule is O=C(COC(=O)c1cc([N+](=O)[O-])ccc1N1CCCCC1)NC(=O)NCc1ccco1. The van der Waals surface area contributed by atoms with E-state index in [2.05, 4.69) is 5.32 Å². The van der Waals surface area contributed by atoms with Gasteiger partial charge in [0.05, 0.1) is 29.0 Å². The Bertz CT molecular complexity index is 952. The molecule has 11 nitrogen and oxygen atoms in total. The van der Waals surface area contributed by atoms with Crippen LogP contribution in [0.2, 0.25) is 0 Å². The summed E-state index contributed by atoms with van der Waals surface area (Å²) < 4.78 is 10.1. The third-order valence-corrected chi connectivity index (χ3v) is 4.70. The summed E-state index contributed by atoms with van der Waals surface area (Å²) in [5.41, 5.74) is 0.271. The predicted molar refractivity (Wildman–Crippen MR) is 109 cm³/mol. The molecular weight excluding hydrogens is 408 g/mol. The predicted octanol–water partition coefficient (Wildman–Crippen LogP) is 2.36. The van der Waals surface area contributed by atoms with Crippen molar-refractivity contribution in [3.63, 3.8) is 0 Å². The number of anilines is 1. The number of rotatable bonds is 7. The van der Waals surface area contributed by atoms with Gasteiger partial charge in [0.2, 0.25) is 0 Å². The second-order valence-corrected chi connectivity index (χ2v) is 6.89. The van der Waals surface area contributed by atoms with Crippen LogP contribution in [0.25, 0.3) is 0 Å². The van der Waals surface area contributed by atoms with E-state index in [0.29, 0.717) is 24.5 Å². The van der Waals surface area contributed by atoms with Crippen molar-refractivity contribution in [3.8, 4) is 0 Å². The van der Waals surface area contributed by atoms with E-state index < -0.39 is 29.4 Å². The molecule has 0 atom stereocenters. The van der Waals surface area contributed by atoms with Gasteiger partial charge < -0.3 is 19.4 Å². The maximum Gasteiger partial charge on any atom is 0.341 e. The number of nitrogens with one attached hydrogen (secondary N) is 2. The van der Waals surface area contributed by atoms with E-state index in [1.165, 1.54) is 18.4 Å². The minimum atomic E-state index is -0.879. The number of furan rings is 1. The first-order chi connectivity index (χ1) is 14.9. The molecule has 11 heteroatoms. The summed E-state index contributed by atoms with van der Waals surface area (Å²) in [6.45, 7) is 0.802. The zero-order chi connectivity index (χ0) is 22.2. The third kappa shape index (κ3) is 6.04. The highest BCUT2D eigenvalue weighted by Gasteiger charge is 2.23. The minimum absolute atomic E-state index is 0.00571. The molecule has 0 aliphatic carbocycles. The molecule has 3 amide bonds. The summed E-state index contributed by atoms with van der Waals surface area (Å²) in [7, 11) is 0. The zero-order valence-corrected chi connectivity index (χ0v) is 16.7. The monoisotopic (exact) mass is 430 g/mol. The van der Waals surface area contributed by atoms with Crippen molar-refractivity contribution >= 4 is 29.3 Å². The van der Waals surface area contributed by atoms with Crippen LogP contribution in [0, 0.1) is 10.1 Å². The fourth-order valence-corrected chi connectivity index (χ4v) is 3.21. The quantitative estimate of drug-likeness (QED) is 0.387. The Balaban J connectivity index is 1.59. The summed E-state index contributed by atoms with van der Waals surface area (Å²) in [5, 5.41) is 15.6. The molecule has 1 aromatic heterocycles. The summed E-state index contributed by atoms with van der Waals surface area (Å²) >= 11 is 0. The molecule has 1 aliphatic heterocycles. The van der Waals surface area contributed by atoms with Crippen molar-refractivity contribution in [3.05, 3.63) is 58.0 Å². The molecule has 2 N–H and O–H groups in total. The van der Waals surface area contributed by atoms with E-state index in [9.17, 15) is 24.5 Å². The van der Waals surface area contributed by atoms with Gasteiger partial charge in [-0.05, 0) is 37.5 Å². The van der Waals surface area contributed by atoms with Gasteiger partial charge in [-0.25, -0.2) is 9.59 Å². The number of urea groups is 1. The molecule has 0 bridgehead atoms. The highest BCUT2D eigenvalue weighted by atomic mass is 16.6. The summed E-state index contributed by atoms with van der Waals surface area (Å²) in [4.78, 5) is 48.7. The second-order valence-electron chi connectivity index (χ2n) is 6.89. The average Bonchev–Trinajstić information content (AvgIpc) is 3.30. The summed E-state index contributed by atoms with van der Waals surface area (Å²) in [5.74, 6) is -1.21. The van der Waals surface area contributed by atoms with Crippen LogP contribution >= 0.6 is 0 Å². The molecule has 3 rings (SSSR count). The minimum Gasteiger partial charge on any atom is -0.467 e. The molecule has 0 saturated carbocycles. The topological polar surface area (TPSA) is 144 Å². The van der Waals surface area contributed by atoms with Gasteiger partial charge in [0, 0.05) is 25.2 Å². The van der Waals surface area contributed by atoms with Crippen LogP contribution in [0.15, 0.2) is 41.0 Å². The third-order valence-electron chi connectivity index (χ3n) is 4.70. The zero-order valence-electron chi connectivity index (χ0n) is 16.7. The van der Waals surface area contributed by atoms with E-state index in [0.717, 1.165) is 25.3 Å². The van der Waals surface area contributed by atoms with Gasteiger partial charge in [-0.15, -0.1) is 0 Å². The van der Waals surface area contributed by atoms with Crippen molar-refractivity contribution < 1.29 is 28.5 Å². The average molecular weight is 430 g/mol. The Morgan fingerprint density at radius 2 is 1.94 bits per heavy atom. The van der Waals surface area contributed by atoms with Crippen LogP contribution in [0.3, 0.4) is 0 Å². The molecule has 2 heterocycles. The first-order valence-electron chi connectivity index (χ1n) is 9.74. The lowest BCUT2D eigenvalue weighted by Crippen LogP contribution is -2.41.